The molecule has 0 aliphatic heterocycles. The molecule has 6 heteroatoms. The number of aromatic nitrogens is 1. The smallest absolute Gasteiger partial charge is 0.340 e. The number of nitrogens with zero attached hydrogens (tertiary/aromatic N) is 2. The lowest BCUT2D eigenvalue weighted by Gasteiger charge is -2.13. The highest BCUT2D eigenvalue weighted by Crippen LogP contribution is 2.20. The first-order valence-corrected chi connectivity index (χ1v) is 7.99. The largest absolute Gasteiger partial charge is 0.452 e. The normalized spacial score (nSPS) is 10.4. The second kappa shape index (κ2) is 7.67. The molecule has 0 spiro atoms. The minimum atomic E-state index is -0.527. The quantitative estimate of drug-likeness (QED) is 0.847. The first-order valence-electron chi connectivity index (χ1n) is 7.99. The molecular formula is C19H21N3O3. The topological polar surface area (TPSA) is 84.1 Å². The Morgan fingerprint density at radius 1 is 1.28 bits per heavy atom. The zero-order chi connectivity index (χ0) is 18.6. The Morgan fingerprint density at radius 2 is 2.00 bits per heavy atom. The van der Waals surface area contributed by atoms with Crippen LogP contribution in [0.4, 0.5) is 5.69 Å². The van der Waals surface area contributed by atoms with Crippen molar-refractivity contribution in [2.45, 2.75) is 33.7 Å². The Kier molecular flexibility index (Phi) is 5.60. The minimum absolute atomic E-state index is 0.234. The number of carbonyl (C=O) groups is 2. The molecule has 1 N–H and O–H groups in total. The summed E-state index contributed by atoms with van der Waals surface area (Å²) >= 11 is 0. The van der Waals surface area contributed by atoms with Gasteiger partial charge in [-0.05, 0) is 52.0 Å². The summed E-state index contributed by atoms with van der Waals surface area (Å²) in [5, 5.41) is 11.5. The van der Waals surface area contributed by atoms with Crippen LogP contribution >= 0.6 is 0 Å². The molecule has 2 rings (SSSR count). The maximum atomic E-state index is 12.3. The van der Waals surface area contributed by atoms with E-state index < -0.39 is 11.9 Å². The van der Waals surface area contributed by atoms with Gasteiger partial charge in [-0.3, -0.25) is 4.79 Å². The molecule has 1 aromatic carbocycles. The van der Waals surface area contributed by atoms with E-state index in [9.17, 15) is 9.59 Å². The Bertz CT molecular complexity index is 844. The predicted molar refractivity (Wildman–Crippen MR) is 94.4 cm³/mol. The zero-order valence-electron chi connectivity index (χ0n) is 14.8. The lowest BCUT2D eigenvalue weighted by Crippen LogP contribution is -2.21. The number of nitrogens with one attached hydrogen (secondary N) is 1. The lowest BCUT2D eigenvalue weighted by atomic mass is 10.2. The van der Waals surface area contributed by atoms with Gasteiger partial charge in [0.15, 0.2) is 6.61 Å². The van der Waals surface area contributed by atoms with Crippen LogP contribution in [0.3, 0.4) is 0 Å². The van der Waals surface area contributed by atoms with Crippen molar-refractivity contribution >= 4 is 17.6 Å². The van der Waals surface area contributed by atoms with Crippen LogP contribution in [0.5, 0.6) is 0 Å². The van der Waals surface area contributed by atoms with E-state index in [4.69, 9.17) is 10.00 Å². The number of nitriles is 1. The number of aryl methyl sites for hydroxylation is 1. The van der Waals surface area contributed by atoms with Crippen LogP contribution < -0.4 is 5.32 Å². The molecule has 0 atom stereocenters. The van der Waals surface area contributed by atoms with Gasteiger partial charge in [0, 0.05) is 23.1 Å². The third kappa shape index (κ3) is 4.27. The summed E-state index contributed by atoms with van der Waals surface area (Å²) in [6.45, 7) is 7.48. The monoisotopic (exact) mass is 339 g/mol. The van der Waals surface area contributed by atoms with Crippen LogP contribution in [0.15, 0.2) is 30.3 Å². The molecule has 0 saturated heterocycles. The first kappa shape index (κ1) is 18.3. The van der Waals surface area contributed by atoms with Crippen LogP contribution in [0.2, 0.25) is 0 Å². The fourth-order valence-electron chi connectivity index (χ4n) is 2.85. The van der Waals surface area contributed by atoms with Crippen molar-refractivity contribution in [3.63, 3.8) is 0 Å². The van der Waals surface area contributed by atoms with Crippen molar-refractivity contribution in [3.8, 4) is 6.07 Å². The molecule has 0 aliphatic carbocycles. The van der Waals surface area contributed by atoms with Gasteiger partial charge in [-0.25, -0.2) is 4.79 Å². The standard InChI is InChI=1S/C19H21N3O3/c1-12(2)22-13(3)8-17(14(22)4)19(24)25-11-18(23)21-16-7-5-6-15(9-16)10-20/h5-9,12H,11H2,1-4H3,(H,21,23). The van der Waals surface area contributed by atoms with E-state index in [-0.39, 0.29) is 12.6 Å². The molecule has 25 heavy (non-hydrogen) atoms. The van der Waals surface area contributed by atoms with Gasteiger partial charge in [-0.15, -0.1) is 0 Å². The highest BCUT2D eigenvalue weighted by molar-refractivity contribution is 5.96. The van der Waals surface area contributed by atoms with Crippen molar-refractivity contribution in [2.24, 2.45) is 0 Å². The number of amides is 1. The molecule has 0 fully saturated rings. The number of anilines is 1. The van der Waals surface area contributed by atoms with Gasteiger partial charge in [0.1, 0.15) is 0 Å². The summed E-state index contributed by atoms with van der Waals surface area (Å²) in [4.78, 5) is 24.2. The number of hydrogen-bond donors (Lipinski definition) is 1. The Balaban J connectivity index is 1.99. The second-order valence-corrected chi connectivity index (χ2v) is 6.07. The maximum Gasteiger partial charge on any atom is 0.340 e. The molecule has 0 unspecified atom stereocenters. The van der Waals surface area contributed by atoms with E-state index >= 15 is 0 Å². The summed E-state index contributed by atoms with van der Waals surface area (Å²) in [6.07, 6.45) is 0. The zero-order valence-corrected chi connectivity index (χ0v) is 14.8. The van der Waals surface area contributed by atoms with E-state index in [0.29, 0.717) is 16.8 Å². The van der Waals surface area contributed by atoms with E-state index in [2.05, 4.69) is 5.32 Å². The number of ether oxygens (including phenoxy) is 1. The van der Waals surface area contributed by atoms with Gasteiger partial charge in [-0.2, -0.15) is 5.26 Å². The molecule has 0 radical (unpaired) electrons. The highest BCUT2D eigenvalue weighted by Gasteiger charge is 2.19. The van der Waals surface area contributed by atoms with Crippen LogP contribution in [0, 0.1) is 25.2 Å². The Labute approximate surface area is 147 Å². The SMILES string of the molecule is Cc1cc(C(=O)OCC(=O)Nc2cccc(C#N)c2)c(C)n1C(C)C. The van der Waals surface area contributed by atoms with Crippen molar-refractivity contribution in [1.29, 1.82) is 5.26 Å². The lowest BCUT2D eigenvalue weighted by molar-refractivity contribution is -0.119. The predicted octanol–water partition coefficient (Wildman–Crippen LogP) is 3.35. The van der Waals surface area contributed by atoms with E-state index in [1.807, 2.05) is 38.3 Å². The maximum absolute atomic E-state index is 12.3. The van der Waals surface area contributed by atoms with Gasteiger partial charge >= 0.3 is 5.97 Å². The molecule has 1 heterocycles. The van der Waals surface area contributed by atoms with Gasteiger partial charge in [0.25, 0.3) is 5.91 Å². The van der Waals surface area contributed by atoms with Crippen LogP contribution in [0.25, 0.3) is 0 Å². The first-order chi connectivity index (χ1) is 11.8. The van der Waals surface area contributed by atoms with Gasteiger partial charge in [0.05, 0.1) is 17.2 Å². The summed E-state index contributed by atoms with van der Waals surface area (Å²) in [7, 11) is 0. The number of rotatable bonds is 5. The molecule has 2 aromatic rings. The third-order valence-corrected chi connectivity index (χ3v) is 3.83. The highest BCUT2D eigenvalue weighted by atomic mass is 16.5. The molecule has 1 amide bonds. The van der Waals surface area contributed by atoms with E-state index in [0.717, 1.165) is 11.4 Å². The van der Waals surface area contributed by atoms with Crippen LogP contribution in [-0.4, -0.2) is 23.1 Å². The Hall–Kier alpha value is -3.07. The number of hydrogen-bond acceptors (Lipinski definition) is 4. The summed E-state index contributed by atoms with van der Waals surface area (Å²) in [5.41, 5.74) is 3.18. The van der Waals surface area contributed by atoms with Gasteiger partial charge < -0.3 is 14.6 Å². The average molecular weight is 339 g/mol. The molecule has 0 bridgehead atoms. The fourth-order valence-corrected chi connectivity index (χ4v) is 2.85. The van der Waals surface area contributed by atoms with Crippen molar-refractivity contribution in [1.82, 2.24) is 4.57 Å². The number of carbonyl (C=O) groups excluding carboxylic acids is 2. The van der Waals surface area contributed by atoms with E-state index in [1.54, 1.807) is 30.3 Å². The molecule has 0 saturated carbocycles. The Morgan fingerprint density at radius 3 is 2.60 bits per heavy atom. The molecular weight excluding hydrogens is 318 g/mol. The third-order valence-electron chi connectivity index (χ3n) is 3.83. The van der Waals surface area contributed by atoms with Gasteiger partial charge in [0.2, 0.25) is 0 Å². The summed E-state index contributed by atoms with van der Waals surface area (Å²) in [6, 6.07) is 10.5. The second-order valence-electron chi connectivity index (χ2n) is 6.07. The summed E-state index contributed by atoms with van der Waals surface area (Å²) < 4.78 is 7.16. The van der Waals surface area contributed by atoms with Crippen molar-refractivity contribution in [3.05, 3.63) is 52.8 Å². The summed E-state index contributed by atoms with van der Waals surface area (Å²) in [5.74, 6) is -0.984. The van der Waals surface area contributed by atoms with Crippen LogP contribution in [0.1, 0.15) is 47.2 Å². The number of esters is 1. The molecule has 1 aromatic heterocycles. The molecule has 6 nitrogen and oxygen atoms in total. The van der Waals surface area contributed by atoms with Crippen LogP contribution in [-0.2, 0) is 9.53 Å². The van der Waals surface area contributed by atoms with Crippen molar-refractivity contribution < 1.29 is 14.3 Å². The van der Waals surface area contributed by atoms with E-state index in [1.165, 1.54) is 0 Å². The number of benzene rings is 1. The molecule has 0 aliphatic rings. The minimum Gasteiger partial charge on any atom is -0.452 e. The average Bonchev–Trinajstić information content (AvgIpc) is 2.87. The fraction of sp³-hybridized carbons (Fsp3) is 0.316. The molecule has 130 valence electrons. The van der Waals surface area contributed by atoms with Crippen molar-refractivity contribution in [2.75, 3.05) is 11.9 Å². The van der Waals surface area contributed by atoms with Gasteiger partial charge in [-0.1, -0.05) is 6.07 Å².